The molecule has 162 valence electrons. The lowest BCUT2D eigenvalue weighted by Gasteiger charge is -2.17. The summed E-state index contributed by atoms with van der Waals surface area (Å²) in [4.78, 5) is 40.1. The van der Waals surface area contributed by atoms with Crippen molar-refractivity contribution in [2.45, 2.75) is 6.42 Å². The van der Waals surface area contributed by atoms with Crippen molar-refractivity contribution < 1.29 is 19.1 Å². The van der Waals surface area contributed by atoms with Crippen LogP contribution in [0.2, 0.25) is 5.02 Å². The van der Waals surface area contributed by atoms with Crippen LogP contribution in [0.4, 0.5) is 11.4 Å². The molecular weight excluding hydrogens is 428 g/mol. The second-order valence-corrected chi connectivity index (χ2v) is 7.91. The smallest absolute Gasteiger partial charge is 0.229 e. The molecular formula is C25H21ClN2O4. The summed E-state index contributed by atoms with van der Waals surface area (Å²) in [5.41, 5.74) is 1.86. The SMILES string of the molecule is COc1ccc(N2CC(C(=O)Nc3ccc(Cl)cc3C(=O)c3ccccc3)CC2=O)cc1. The summed E-state index contributed by atoms with van der Waals surface area (Å²) in [6.45, 7) is 0.256. The summed E-state index contributed by atoms with van der Waals surface area (Å²) in [5.74, 6) is -0.551. The Morgan fingerprint density at radius 1 is 1.03 bits per heavy atom. The number of hydrogen-bond acceptors (Lipinski definition) is 4. The van der Waals surface area contributed by atoms with Gasteiger partial charge in [0.1, 0.15) is 5.75 Å². The Hall–Kier alpha value is -3.64. The number of carbonyl (C=O) groups is 3. The minimum atomic E-state index is -0.542. The van der Waals surface area contributed by atoms with Crippen LogP contribution in [-0.4, -0.2) is 31.3 Å². The zero-order valence-electron chi connectivity index (χ0n) is 17.4. The number of anilines is 2. The van der Waals surface area contributed by atoms with Gasteiger partial charge in [0.05, 0.1) is 18.7 Å². The van der Waals surface area contributed by atoms with Gasteiger partial charge in [-0.05, 0) is 42.5 Å². The minimum Gasteiger partial charge on any atom is -0.497 e. The molecule has 6 nitrogen and oxygen atoms in total. The maximum absolute atomic E-state index is 13.0. The molecule has 4 rings (SSSR count). The Labute approximate surface area is 190 Å². The number of ketones is 1. The molecule has 1 aliphatic rings. The highest BCUT2D eigenvalue weighted by Crippen LogP contribution is 2.29. The minimum absolute atomic E-state index is 0.0907. The van der Waals surface area contributed by atoms with Crippen LogP contribution in [0.1, 0.15) is 22.3 Å². The van der Waals surface area contributed by atoms with Crippen LogP contribution in [0, 0.1) is 5.92 Å². The van der Waals surface area contributed by atoms with Gasteiger partial charge in [0, 0.05) is 34.8 Å². The molecule has 1 unspecified atom stereocenters. The molecule has 0 aromatic heterocycles. The number of rotatable bonds is 6. The van der Waals surface area contributed by atoms with Gasteiger partial charge in [-0.3, -0.25) is 14.4 Å². The lowest BCUT2D eigenvalue weighted by Crippen LogP contribution is -2.28. The number of benzene rings is 3. The number of halogens is 1. The van der Waals surface area contributed by atoms with E-state index in [2.05, 4.69) is 5.32 Å². The number of ether oxygens (including phenoxy) is 1. The summed E-state index contributed by atoms with van der Waals surface area (Å²) in [6.07, 6.45) is 0.0907. The lowest BCUT2D eigenvalue weighted by molar-refractivity contribution is -0.122. The standard InChI is InChI=1S/C25H21ClN2O4/c1-32-20-10-8-19(9-11-20)28-15-17(13-23(28)29)25(31)27-22-12-7-18(26)14-21(22)24(30)16-5-3-2-4-6-16/h2-12,14,17H,13,15H2,1H3,(H,27,31). The molecule has 1 heterocycles. The molecule has 0 bridgehead atoms. The van der Waals surface area contributed by atoms with E-state index in [4.69, 9.17) is 16.3 Å². The molecule has 0 aliphatic carbocycles. The highest BCUT2D eigenvalue weighted by Gasteiger charge is 2.35. The van der Waals surface area contributed by atoms with Gasteiger partial charge in [-0.1, -0.05) is 41.9 Å². The molecule has 2 amide bonds. The molecule has 1 fully saturated rings. The third-order valence-corrected chi connectivity index (χ3v) is 5.64. The first kappa shape index (κ1) is 21.6. The largest absolute Gasteiger partial charge is 0.497 e. The van der Waals surface area contributed by atoms with E-state index in [9.17, 15) is 14.4 Å². The lowest BCUT2D eigenvalue weighted by atomic mass is 10.0. The molecule has 1 N–H and O–H groups in total. The average molecular weight is 449 g/mol. The van der Waals surface area contributed by atoms with Crippen LogP contribution in [0.3, 0.4) is 0 Å². The summed E-state index contributed by atoms with van der Waals surface area (Å²) < 4.78 is 5.15. The topological polar surface area (TPSA) is 75.7 Å². The first-order valence-corrected chi connectivity index (χ1v) is 10.5. The fourth-order valence-corrected chi connectivity index (χ4v) is 3.86. The van der Waals surface area contributed by atoms with Gasteiger partial charge in [-0.25, -0.2) is 0 Å². The van der Waals surface area contributed by atoms with E-state index < -0.39 is 5.92 Å². The van der Waals surface area contributed by atoms with Crippen LogP contribution in [-0.2, 0) is 9.59 Å². The second kappa shape index (κ2) is 9.24. The van der Waals surface area contributed by atoms with Crippen LogP contribution in [0.25, 0.3) is 0 Å². The molecule has 0 spiro atoms. The predicted octanol–water partition coefficient (Wildman–Crippen LogP) is 4.57. The van der Waals surface area contributed by atoms with E-state index in [1.165, 1.54) is 6.07 Å². The number of amides is 2. The van der Waals surface area contributed by atoms with Crippen molar-refractivity contribution in [3.05, 3.63) is 88.9 Å². The summed E-state index contributed by atoms with van der Waals surface area (Å²) >= 11 is 6.11. The van der Waals surface area contributed by atoms with Crippen LogP contribution in [0.5, 0.6) is 5.75 Å². The molecule has 1 atom stereocenters. The zero-order valence-corrected chi connectivity index (χ0v) is 18.1. The van der Waals surface area contributed by atoms with Gasteiger partial charge in [-0.15, -0.1) is 0 Å². The number of nitrogens with one attached hydrogen (secondary N) is 1. The van der Waals surface area contributed by atoms with Crippen molar-refractivity contribution in [1.29, 1.82) is 0 Å². The van der Waals surface area contributed by atoms with Crippen LogP contribution < -0.4 is 15.0 Å². The van der Waals surface area contributed by atoms with Gasteiger partial charge < -0.3 is 15.0 Å². The Balaban J connectivity index is 1.52. The maximum Gasteiger partial charge on any atom is 0.229 e. The molecule has 3 aromatic rings. The Kier molecular flexibility index (Phi) is 6.23. The Morgan fingerprint density at radius 3 is 2.44 bits per heavy atom. The Morgan fingerprint density at radius 2 is 1.75 bits per heavy atom. The zero-order chi connectivity index (χ0) is 22.7. The monoisotopic (exact) mass is 448 g/mol. The van der Waals surface area contributed by atoms with Crippen molar-refractivity contribution in [3.8, 4) is 5.75 Å². The summed E-state index contributed by atoms with van der Waals surface area (Å²) in [6, 6.07) is 20.6. The quantitative estimate of drug-likeness (QED) is 0.560. The van der Waals surface area contributed by atoms with E-state index >= 15 is 0 Å². The highest BCUT2D eigenvalue weighted by atomic mass is 35.5. The third-order valence-electron chi connectivity index (χ3n) is 5.40. The van der Waals surface area contributed by atoms with Gasteiger partial charge in [0.25, 0.3) is 0 Å². The van der Waals surface area contributed by atoms with Crippen molar-refractivity contribution in [3.63, 3.8) is 0 Å². The van der Waals surface area contributed by atoms with E-state index in [0.717, 1.165) is 0 Å². The molecule has 1 saturated heterocycles. The maximum atomic E-state index is 13.0. The molecule has 0 radical (unpaired) electrons. The van der Waals surface area contributed by atoms with E-state index in [1.807, 2.05) is 6.07 Å². The normalized spacial score (nSPS) is 15.5. The number of hydrogen-bond donors (Lipinski definition) is 1. The van der Waals surface area contributed by atoms with Gasteiger partial charge in [0.2, 0.25) is 11.8 Å². The summed E-state index contributed by atoms with van der Waals surface area (Å²) in [5, 5.41) is 3.22. The predicted molar refractivity (Wildman–Crippen MR) is 123 cm³/mol. The fraction of sp³-hybridized carbons (Fsp3) is 0.160. The number of carbonyl (C=O) groups excluding carboxylic acids is 3. The first-order valence-electron chi connectivity index (χ1n) is 10.1. The average Bonchev–Trinajstić information content (AvgIpc) is 3.22. The first-order chi connectivity index (χ1) is 15.5. The van der Waals surface area contributed by atoms with Gasteiger partial charge >= 0.3 is 0 Å². The van der Waals surface area contributed by atoms with E-state index in [-0.39, 0.29) is 30.6 Å². The van der Waals surface area contributed by atoms with Crippen LogP contribution >= 0.6 is 11.6 Å². The molecule has 7 heteroatoms. The van der Waals surface area contributed by atoms with Crippen molar-refractivity contribution in [2.24, 2.45) is 5.92 Å². The van der Waals surface area contributed by atoms with Gasteiger partial charge in [-0.2, -0.15) is 0 Å². The highest BCUT2D eigenvalue weighted by molar-refractivity contribution is 6.31. The molecule has 3 aromatic carbocycles. The molecule has 32 heavy (non-hydrogen) atoms. The molecule has 0 saturated carbocycles. The van der Waals surface area contributed by atoms with Crippen LogP contribution in [0.15, 0.2) is 72.8 Å². The van der Waals surface area contributed by atoms with E-state index in [1.54, 1.807) is 72.7 Å². The Bertz CT molecular complexity index is 1160. The van der Waals surface area contributed by atoms with Crippen molar-refractivity contribution in [1.82, 2.24) is 0 Å². The summed E-state index contributed by atoms with van der Waals surface area (Å²) in [7, 11) is 1.57. The van der Waals surface area contributed by atoms with Crippen molar-refractivity contribution in [2.75, 3.05) is 23.9 Å². The molecule has 1 aliphatic heterocycles. The van der Waals surface area contributed by atoms with E-state index in [0.29, 0.717) is 33.3 Å². The number of methoxy groups -OCH3 is 1. The number of nitrogens with zero attached hydrogens (tertiary/aromatic N) is 1. The van der Waals surface area contributed by atoms with Gasteiger partial charge in [0.15, 0.2) is 5.78 Å². The third kappa shape index (κ3) is 4.50. The fourth-order valence-electron chi connectivity index (χ4n) is 3.69. The second-order valence-electron chi connectivity index (χ2n) is 7.48. The van der Waals surface area contributed by atoms with Crippen molar-refractivity contribution >= 4 is 40.6 Å².